The molecule has 0 N–H and O–H groups in total. The van der Waals surface area contributed by atoms with Crippen LogP contribution >= 0.6 is 0 Å². The monoisotopic (exact) mass is 480 g/mol. The maximum Gasteiger partial charge on any atom is 0.246 e. The number of rotatable bonds is 9. The standard InChI is InChI=1S/C29H37FN2O3/c1-21(2)18-29(34)31(3)27(20-22-8-7-10-25(19-22)35-4)24-14-16-32(17-15-24)28(33)13-12-23-9-5-6-11-26(23)30/h5-13,19,21,24,27H,14-18,20H2,1-4H3/b13-12+/t27-/m0/s1. The van der Waals surface area contributed by atoms with Gasteiger partial charge in [-0.15, -0.1) is 0 Å². The molecule has 2 aromatic rings. The molecule has 0 aromatic heterocycles. The fourth-order valence-electron chi connectivity index (χ4n) is 4.72. The maximum atomic E-state index is 13.9. The van der Waals surface area contributed by atoms with Crippen LogP contribution in [0.3, 0.4) is 0 Å². The Bertz CT molecular complexity index is 1030. The van der Waals surface area contributed by atoms with Gasteiger partial charge in [0.15, 0.2) is 0 Å². The number of benzene rings is 2. The van der Waals surface area contributed by atoms with Gasteiger partial charge in [-0.2, -0.15) is 0 Å². The fraction of sp³-hybridized carbons (Fsp3) is 0.448. The lowest BCUT2D eigenvalue weighted by molar-refractivity contribution is -0.135. The Morgan fingerprint density at radius 2 is 1.86 bits per heavy atom. The predicted molar refractivity (Wildman–Crippen MR) is 137 cm³/mol. The summed E-state index contributed by atoms with van der Waals surface area (Å²) in [4.78, 5) is 29.4. The number of nitrogens with zero attached hydrogens (tertiary/aromatic N) is 2. The molecule has 0 radical (unpaired) electrons. The second-order valence-corrected chi connectivity index (χ2v) is 9.74. The van der Waals surface area contributed by atoms with Gasteiger partial charge in [-0.05, 0) is 60.9 Å². The molecular formula is C29H37FN2O3. The third-order valence-corrected chi connectivity index (χ3v) is 6.76. The van der Waals surface area contributed by atoms with Gasteiger partial charge in [-0.3, -0.25) is 9.59 Å². The third-order valence-electron chi connectivity index (χ3n) is 6.76. The van der Waals surface area contributed by atoms with Crippen LogP contribution in [0, 0.1) is 17.7 Å². The van der Waals surface area contributed by atoms with E-state index in [9.17, 15) is 14.0 Å². The quantitative estimate of drug-likeness (QED) is 0.464. The van der Waals surface area contributed by atoms with E-state index in [1.165, 1.54) is 18.2 Å². The highest BCUT2D eigenvalue weighted by Crippen LogP contribution is 2.28. The Hall–Kier alpha value is -3.15. The summed E-state index contributed by atoms with van der Waals surface area (Å²) in [6, 6.07) is 14.5. The van der Waals surface area contributed by atoms with Crippen molar-refractivity contribution in [3.05, 3.63) is 71.6 Å². The minimum Gasteiger partial charge on any atom is -0.497 e. The van der Waals surface area contributed by atoms with Crippen molar-refractivity contribution in [2.24, 2.45) is 11.8 Å². The number of hydrogen-bond donors (Lipinski definition) is 0. The summed E-state index contributed by atoms with van der Waals surface area (Å²) >= 11 is 0. The molecule has 1 saturated heterocycles. The molecule has 5 nitrogen and oxygen atoms in total. The van der Waals surface area contributed by atoms with Crippen molar-refractivity contribution in [3.8, 4) is 5.75 Å². The zero-order valence-corrected chi connectivity index (χ0v) is 21.2. The zero-order valence-electron chi connectivity index (χ0n) is 21.2. The van der Waals surface area contributed by atoms with Gasteiger partial charge in [0.05, 0.1) is 7.11 Å². The van der Waals surface area contributed by atoms with Crippen LogP contribution in [0.25, 0.3) is 6.08 Å². The third kappa shape index (κ3) is 7.41. The first-order valence-corrected chi connectivity index (χ1v) is 12.4. The summed E-state index contributed by atoms with van der Waals surface area (Å²) in [5, 5.41) is 0. The number of likely N-dealkylation sites (tertiary alicyclic amines) is 1. The minimum absolute atomic E-state index is 0.0413. The van der Waals surface area contributed by atoms with Gasteiger partial charge >= 0.3 is 0 Å². The van der Waals surface area contributed by atoms with Crippen molar-refractivity contribution in [3.63, 3.8) is 0 Å². The number of methoxy groups -OCH3 is 1. The Labute approximate surface area is 208 Å². The molecule has 0 spiro atoms. The van der Waals surface area contributed by atoms with Crippen molar-refractivity contribution < 1.29 is 18.7 Å². The van der Waals surface area contributed by atoms with E-state index in [4.69, 9.17) is 4.74 Å². The van der Waals surface area contributed by atoms with E-state index < -0.39 is 0 Å². The average Bonchev–Trinajstić information content (AvgIpc) is 2.86. The second kappa shape index (κ2) is 12.5. The van der Waals surface area contributed by atoms with E-state index in [1.54, 1.807) is 25.3 Å². The lowest BCUT2D eigenvalue weighted by Gasteiger charge is -2.40. The van der Waals surface area contributed by atoms with Crippen LogP contribution in [0.15, 0.2) is 54.6 Å². The van der Waals surface area contributed by atoms with Crippen molar-refractivity contribution in [1.29, 1.82) is 0 Å². The lowest BCUT2D eigenvalue weighted by Crippen LogP contribution is -2.48. The van der Waals surface area contributed by atoms with Crippen LogP contribution in [0.1, 0.15) is 44.2 Å². The first-order valence-electron chi connectivity index (χ1n) is 12.4. The first-order chi connectivity index (χ1) is 16.8. The van der Waals surface area contributed by atoms with Crippen LogP contribution in [0.2, 0.25) is 0 Å². The largest absolute Gasteiger partial charge is 0.497 e. The summed E-state index contributed by atoms with van der Waals surface area (Å²) in [6.45, 7) is 5.35. The number of hydrogen-bond acceptors (Lipinski definition) is 3. The molecular weight excluding hydrogens is 443 g/mol. The molecule has 2 amide bonds. The van der Waals surface area contributed by atoms with Gasteiger partial charge in [-0.1, -0.05) is 44.2 Å². The highest BCUT2D eigenvalue weighted by molar-refractivity contribution is 5.91. The second-order valence-electron chi connectivity index (χ2n) is 9.74. The topological polar surface area (TPSA) is 49.9 Å². The SMILES string of the molecule is COc1cccc(C[C@@H](C2CCN(C(=O)/C=C/c3ccccc3F)CC2)N(C)C(=O)CC(C)C)c1. The van der Waals surface area contributed by atoms with Gasteiger partial charge in [0.2, 0.25) is 11.8 Å². The predicted octanol–water partition coefficient (Wildman–Crippen LogP) is 5.20. The molecule has 35 heavy (non-hydrogen) atoms. The summed E-state index contributed by atoms with van der Waals surface area (Å²) in [6.07, 6.45) is 5.87. The van der Waals surface area contributed by atoms with Gasteiger partial charge in [0.1, 0.15) is 11.6 Å². The maximum absolute atomic E-state index is 13.9. The van der Waals surface area contributed by atoms with Crippen LogP contribution in [-0.2, 0) is 16.0 Å². The molecule has 1 aliphatic heterocycles. The zero-order chi connectivity index (χ0) is 25.4. The van der Waals surface area contributed by atoms with E-state index in [1.807, 2.05) is 35.0 Å². The average molecular weight is 481 g/mol. The van der Waals surface area contributed by atoms with Gasteiger partial charge in [0, 0.05) is 44.2 Å². The number of carbonyl (C=O) groups is 2. The molecule has 0 unspecified atom stereocenters. The molecule has 1 heterocycles. The molecule has 3 rings (SSSR count). The van der Waals surface area contributed by atoms with E-state index in [0.29, 0.717) is 31.0 Å². The van der Waals surface area contributed by atoms with Gasteiger partial charge in [-0.25, -0.2) is 4.39 Å². The van der Waals surface area contributed by atoms with Crippen LogP contribution in [0.5, 0.6) is 5.75 Å². The molecule has 6 heteroatoms. The van der Waals surface area contributed by atoms with Crippen molar-refractivity contribution in [2.45, 2.75) is 45.6 Å². The Morgan fingerprint density at radius 3 is 2.51 bits per heavy atom. The number of amides is 2. The summed E-state index contributed by atoms with van der Waals surface area (Å²) < 4.78 is 19.2. The number of halogens is 1. The fourth-order valence-corrected chi connectivity index (χ4v) is 4.72. The molecule has 188 valence electrons. The van der Waals surface area contributed by atoms with Crippen molar-refractivity contribution in [2.75, 3.05) is 27.2 Å². The first kappa shape index (κ1) is 26.5. The lowest BCUT2D eigenvalue weighted by atomic mass is 9.84. The van der Waals surface area contributed by atoms with E-state index in [2.05, 4.69) is 19.9 Å². The van der Waals surface area contributed by atoms with Gasteiger partial charge < -0.3 is 14.5 Å². The van der Waals surface area contributed by atoms with Crippen LogP contribution < -0.4 is 4.74 Å². The van der Waals surface area contributed by atoms with Crippen molar-refractivity contribution in [1.82, 2.24) is 9.80 Å². The summed E-state index contributed by atoms with van der Waals surface area (Å²) in [5.41, 5.74) is 1.53. The summed E-state index contributed by atoms with van der Waals surface area (Å²) in [7, 11) is 3.56. The number of piperidine rings is 1. The molecule has 0 aliphatic carbocycles. The molecule has 0 saturated carbocycles. The molecule has 1 aliphatic rings. The molecule has 2 aromatic carbocycles. The highest BCUT2D eigenvalue weighted by Gasteiger charge is 2.32. The molecule has 1 atom stereocenters. The van der Waals surface area contributed by atoms with Crippen LogP contribution in [0.4, 0.5) is 4.39 Å². The minimum atomic E-state index is -0.343. The number of carbonyl (C=O) groups excluding carboxylic acids is 2. The Morgan fingerprint density at radius 1 is 1.14 bits per heavy atom. The van der Waals surface area contributed by atoms with E-state index in [-0.39, 0.29) is 29.6 Å². The number of ether oxygens (including phenoxy) is 1. The number of likely N-dealkylation sites (N-methyl/N-ethyl adjacent to an activating group) is 1. The smallest absolute Gasteiger partial charge is 0.246 e. The Kier molecular flexibility index (Phi) is 9.47. The van der Waals surface area contributed by atoms with Gasteiger partial charge in [0.25, 0.3) is 0 Å². The molecule has 0 bridgehead atoms. The summed E-state index contributed by atoms with van der Waals surface area (Å²) in [5.74, 6) is 1.08. The normalized spacial score (nSPS) is 15.4. The highest BCUT2D eigenvalue weighted by atomic mass is 19.1. The Balaban J connectivity index is 1.69. The van der Waals surface area contributed by atoms with Crippen molar-refractivity contribution >= 4 is 17.9 Å². The van der Waals surface area contributed by atoms with E-state index >= 15 is 0 Å². The molecule has 1 fully saturated rings. The van der Waals surface area contributed by atoms with Crippen LogP contribution in [-0.4, -0.2) is 54.9 Å². The van der Waals surface area contributed by atoms with E-state index in [0.717, 1.165) is 30.6 Å².